The summed E-state index contributed by atoms with van der Waals surface area (Å²) in [6.07, 6.45) is 0.688. The van der Waals surface area contributed by atoms with Crippen LogP contribution in [0.25, 0.3) is 0 Å². The van der Waals surface area contributed by atoms with Gasteiger partial charge in [-0.1, -0.05) is 59.9 Å². The Balaban J connectivity index is 0.000000183. The van der Waals surface area contributed by atoms with E-state index >= 15 is 0 Å². The molecule has 0 aliphatic heterocycles. The number of hydrogen-bond acceptors (Lipinski definition) is 2. The van der Waals surface area contributed by atoms with Crippen LogP contribution in [-0.4, -0.2) is 8.43 Å². The van der Waals surface area contributed by atoms with Crippen molar-refractivity contribution in [3.63, 3.8) is 0 Å². The zero-order valence-corrected chi connectivity index (χ0v) is 10.9. The van der Waals surface area contributed by atoms with E-state index in [9.17, 15) is 4.79 Å². The third kappa shape index (κ3) is 10.8. The predicted octanol–water partition coefficient (Wildman–Crippen LogP) is 3.77. The predicted molar refractivity (Wildman–Crippen MR) is 59.9 cm³/mol. The fraction of sp³-hybridized carbons (Fsp3) is 0.167. The molecule has 0 aliphatic carbocycles. The number of alkyl halides is 3. The van der Waals surface area contributed by atoms with E-state index in [1.165, 1.54) is 0 Å². The fourth-order valence-corrected chi connectivity index (χ4v) is 0.680. The highest BCUT2D eigenvalue weighted by Crippen LogP contribution is 2.29. The Hall–Kier alpha value is 0.810. The topological polar surface area (TPSA) is 17.1 Å². The molecule has 0 aromatic carbocycles. The first kappa shape index (κ1) is 11.8. The quantitative estimate of drug-likeness (QED) is 0.506. The molecule has 0 N–H and O–H groups in total. The Morgan fingerprint density at radius 2 is 1.55 bits per heavy atom. The van der Waals surface area contributed by atoms with Crippen LogP contribution in [0.15, 0.2) is 22.9 Å². The van der Waals surface area contributed by atoms with E-state index < -0.39 is 2.14 Å². The molecule has 0 atom stereocenters. The summed E-state index contributed by atoms with van der Waals surface area (Å²) < 4.78 is -0.701. The molecule has 0 bridgehead atoms. The molecular weight excluding hydrogens is 360 g/mol. The molecule has 62 valence electrons. The van der Waals surface area contributed by atoms with E-state index in [1.807, 2.05) is 22.9 Å². The maximum absolute atomic E-state index is 9.69. The van der Waals surface area contributed by atoms with Crippen LogP contribution >= 0.6 is 59.1 Å². The van der Waals surface area contributed by atoms with Crippen molar-refractivity contribution in [2.45, 2.75) is 2.14 Å². The zero-order valence-electron chi connectivity index (χ0n) is 5.34. The Morgan fingerprint density at radius 1 is 1.18 bits per heavy atom. The first-order valence-electron chi connectivity index (χ1n) is 2.56. The standard InChI is InChI=1S/C4H4S.C2HBr3O/c1-2-4-5-3-1;3-2(4,5)1-6/h1-4H;1H. The van der Waals surface area contributed by atoms with Gasteiger partial charge >= 0.3 is 0 Å². The number of halogens is 3. The molecule has 0 radical (unpaired) electrons. The van der Waals surface area contributed by atoms with Crippen LogP contribution in [0.3, 0.4) is 0 Å². The molecule has 1 aromatic heterocycles. The fourth-order valence-electron chi connectivity index (χ4n) is 0.227. The number of carbonyl (C=O) groups excluding carboxylic acids is 1. The second-order valence-corrected chi connectivity index (χ2v) is 9.21. The summed E-state index contributed by atoms with van der Waals surface area (Å²) in [4.78, 5) is 9.69. The van der Waals surface area contributed by atoms with Gasteiger partial charge in [-0.25, -0.2) is 0 Å². The highest BCUT2D eigenvalue weighted by atomic mass is 80.0. The van der Waals surface area contributed by atoms with Crippen LogP contribution in [0.5, 0.6) is 0 Å². The maximum atomic E-state index is 9.69. The van der Waals surface area contributed by atoms with Crippen molar-refractivity contribution < 1.29 is 4.79 Å². The lowest BCUT2D eigenvalue weighted by molar-refractivity contribution is -0.106. The summed E-state index contributed by atoms with van der Waals surface area (Å²) in [5.41, 5.74) is 0. The van der Waals surface area contributed by atoms with Gasteiger partial charge in [-0.05, 0) is 10.8 Å². The van der Waals surface area contributed by atoms with Crippen LogP contribution in [0.1, 0.15) is 0 Å². The highest BCUT2D eigenvalue weighted by molar-refractivity contribution is 9.40. The van der Waals surface area contributed by atoms with Gasteiger partial charge < -0.3 is 0 Å². The smallest absolute Gasteiger partial charge is 0.189 e. The molecule has 1 rings (SSSR count). The van der Waals surface area contributed by atoms with Gasteiger partial charge in [0.2, 0.25) is 0 Å². The molecule has 0 saturated heterocycles. The summed E-state index contributed by atoms with van der Waals surface area (Å²) in [5, 5.41) is 4.08. The molecule has 5 heteroatoms. The minimum absolute atomic E-state index is 0.688. The monoisotopic (exact) mass is 362 g/mol. The van der Waals surface area contributed by atoms with Crippen LogP contribution < -0.4 is 0 Å². The number of carbonyl (C=O) groups is 1. The third-order valence-electron chi connectivity index (χ3n) is 0.559. The molecule has 0 spiro atoms. The Bertz CT molecular complexity index is 163. The number of thiophene rings is 1. The van der Waals surface area contributed by atoms with Crippen LogP contribution in [0.2, 0.25) is 0 Å². The molecule has 0 amide bonds. The lowest BCUT2D eigenvalue weighted by Crippen LogP contribution is -1.97. The molecule has 11 heavy (non-hydrogen) atoms. The largest absolute Gasteiger partial charge is 0.300 e. The Kier molecular flexibility index (Phi) is 6.81. The average molecular weight is 365 g/mol. The molecule has 0 aliphatic rings. The van der Waals surface area contributed by atoms with Gasteiger partial charge in [0.15, 0.2) is 8.43 Å². The SMILES string of the molecule is O=CC(Br)(Br)Br.c1ccsc1. The summed E-state index contributed by atoms with van der Waals surface area (Å²) >= 11 is 10.5. The average Bonchev–Trinajstić information content (AvgIpc) is 2.41. The van der Waals surface area contributed by atoms with Gasteiger partial charge in [-0.2, -0.15) is 11.3 Å². The molecule has 0 saturated carbocycles. The molecule has 1 heterocycles. The third-order valence-corrected chi connectivity index (χ3v) is 1.75. The van der Waals surface area contributed by atoms with Crippen molar-refractivity contribution >= 4 is 65.4 Å². The molecular formula is C6H5Br3OS. The van der Waals surface area contributed by atoms with Crippen LogP contribution in [0, 0.1) is 0 Å². The molecule has 1 aromatic rings. The van der Waals surface area contributed by atoms with Crippen molar-refractivity contribution in [3.8, 4) is 0 Å². The minimum Gasteiger partial charge on any atom is -0.300 e. The molecule has 0 fully saturated rings. The first-order chi connectivity index (χ1) is 5.06. The van der Waals surface area contributed by atoms with Crippen LogP contribution in [0.4, 0.5) is 0 Å². The van der Waals surface area contributed by atoms with E-state index in [1.54, 1.807) is 11.3 Å². The summed E-state index contributed by atoms with van der Waals surface area (Å²) in [6, 6.07) is 4.04. The van der Waals surface area contributed by atoms with E-state index in [2.05, 4.69) is 47.8 Å². The summed E-state index contributed by atoms with van der Waals surface area (Å²) in [7, 11) is 0. The van der Waals surface area contributed by atoms with Crippen molar-refractivity contribution in [2.24, 2.45) is 0 Å². The second-order valence-electron chi connectivity index (χ2n) is 1.45. The molecule has 1 nitrogen and oxygen atoms in total. The minimum atomic E-state index is -0.701. The van der Waals surface area contributed by atoms with Gasteiger partial charge in [0, 0.05) is 0 Å². The normalized spacial score (nSPS) is 9.73. The van der Waals surface area contributed by atoms with Gasteiger partial charge in [-0.15, -0.1) is 0 Å². The lowest BCUT2D eigenvalue weighted by Gasteiger charge is -1.95. The van der Waals surface area contributed by atoms with Gasteiger partial charge in [-0.3, -0.25) is 4.79 Å². The number of aldehydes is 1. The lowest BCUT2D eigenvalue weighted by atomic mass is 10.7. The number of rotatable bonds is 0. The van der Waals surface area contributed by atoms with Gasteiger partial charge in [0.25, 0.3) is 0 Å². The Labute approximate surface area is 94.6 Å². The van der Waals surface area contributed by atoms with Crippen molar-refractivity contribution in [1.29, 1.82) is 0 Å². The molecule has 0 unspecified atom stereocenters. The van der Waals surface area contributed by atoms with Crippen LogP contribution in [-0.2, 0) is 4.79 Å². The Morgan fingerprint density at radius 3 is 1.64 bits per heavy atom. The van der Waals surface area contributed by atoms with E-state index in [0.29, 0.717) is 6.29 Å². The zero-order chi connectivity index (χ0) is 8.74. The van der Waals surface area contributed by atoms with E-state index in [4.69, 9.17) is 0 Å². The first-order valence-corrected chi connectivity index (χ1v) is 5.88. The highest BCUT2D eigenvalue weighted by Gasteiger charge is 2.13. The van der Waals surface area contributed by atoms with Crippen molar-refractivity contribution in [2.75, 3.05) is 0 Å². The van der Waals surface area contributed by atoms with E-state index in [-0.39, 0.29) is 0 Å². The summed E-state index contributed by atoms with van der Waals surface area (Å²) in [5.74, 6) is 0. The van der Waals surface area contributed by atoms with Crippen molar-refractivity contribution in [3.05, 3.63) is 22.9 Å². The van der Waals surface area contributed by atoms with E-state index in [0.717, 1.165) is 0 Å². The van der Waals surface area contributed by atoms with Gasteiger partial charge in [0.1, 0.15) is 0 Å². The van der Waals surface area contributed by atoms with Gasteiger partial charge in [0.05, 0.1) is 0 Å². The number of hydrogen-bond donors (Lipinski definition) is 0. The second kappa shape index (κ2) is 6.34. The maximum Gasteiger partial charge on any atom is 0.189 e. The summed E-state index contributed by atoms with van der Waals surface area (Å²) in [6.45, 7) is 0. The van der Waals surface area contributed by atoms with Crippen molar-refractivity contribution in [1.82, 2.24) is 0 Å².